The summed E-state index contributed by atoms with van der Waals surface area (Å²) in [4.78, 5) is 12.4. The van der Waals surface area contributed by atoms with Gasteiger partial charge in [0.15, 0.2) is 5.69 Å². The highest BCUT2D eigenvalue weighted by molar-refractivity contribution is 9.10. The van der Waals surface area contributed by atoms with Crippen LogP contribution >= 0.6 is 15.9 Å². The molecule has 1 N–H and O–H groups in total. The summed E-state index contributed by atoms with van der Waals surface area (Å²) >= 11 is 2.83. The van der Waals surface area contributed by atoms with Crippen LogP contribution in [0.2, 0.25) is 0 Å². The van der Waals surface area contributed by atoms with Crippen molar-refractivity contribution in [1.29, 1.82) is 0 Å². The van der Waals surface area contributed by atoms with Crippen molar-refractivity contribution in [2.45, 2.75) is 6.18 Å². The quantitative estimate of drug-likeness (QED) is 0.635. The highest BCUT2D eigenvalue weighted by Crippen LogP contribution is 2.35. The summed E-state index contributed by atoms with van der Waals surface area (Å²) in [7, 11) is 1.29. The molecule has 0 fully saturated rings. The smallest absolute Gasteiger partial charge is 0.321 e. The predicted molar refractivity (Wildman–Crippen MR) is 95.7 cm³/mol. The van der Waals surface area contributed by atoms with Gasteiger partial charge in [-0.05, 0) is 39.2 Å². The topological polar surface area (TPSA) is 46.9 Å². The van der Waals surface area contributed by atoms with Gasteiger partial charge in [0.1, 0.15) is 5.69 Å². The molecule has 0 aliphatic rings. The number of hydrogen-bond donors (Lipinski definition) is 1. The van der Waals surface area contributed by atoms with E-state index < -0.39 is 17.8 Å². The number of nitrogens with zero attached hydrogens (tertiary/aromatic N) is 2. The number of carbonyl (C=O) groups is 1. The van der Waals surface area contributed by atoms with Gasteiger partial charge >= 0.3 is 6.18 Å². The average molecular weight is 424 g/mol. The summed E-state index contributed by atoms with van der Waals surface area (Å²) in [6.07, 6.45) is -4.65. The summed E-state index contributed by atoms with van der Waals surface area (Å²) in [5.74, 6) is -0.685. The molecular weight excluding hydrogens is 411 g/mol. The van der Waals surface area contributed by atoms with Gasteiger partial charge in [-0.3, -0.25) is 9.48 Å². The molecule has 0 saturated carbocycles. The molecule has 1 amide bonds. The van der Waals surface area contributed by atoms with Crippen LogP contribution in [-0.4, -0.2) is 15.7 Å². The van der Waals surface area contributed by atoms with Crippen LogP contribution in [0.15, 0.2) is 59.1 Å². The predicted octanol–water partition coefficient (Wildman–Crippen LogP) is 5.12. The van der Waals surface area contributed by atoms with Crippen LogP contribution in [0.25, 0.3) is 11.1 Å². The highest BCUT2D eigenvalue weighted by atomic mass is 79.9. The number of carbonyl (C=O) groups excluding carboxylic acids is 1. The second-order valence-corrected chi connectivity index (χ2v) is 6.32. The molecular formula is C18H13BrF3N3O. The van der Waals surface area contributed by atoms with E-state index in [0.29, 0.717) is 5.69 Å². The SMILES string of the molecule is Cn1nc(C(F)(F)F)c(Br)c1C(=O)Nc1ccc(-c2ccccc2)cc1. The maximum atomic E-state index is 12.9. The van der Waals surface area contributed by atoms with Crippen LogP contribution < -0.4 is 5.32 Å². The normalized spacial score (nSPS) is 11.4. The Hall–Kier alpha value is -2.61. The molecule has 8 heteroatoms. The van der Waals surface area contributed by atoms with Gasteiger partial charge in [-0.2, -0.15) is 18.3 Å². The molecule has 134 valence electrons. The van der Waals surface area contributed by atoms with E-state index >= 15 is 0 Å². The zero-order valence-electron chi connectivity index (χ0n) is 13.5. The maximum Gasteiger partial charge on any atom is 0.436 e. The number of amides is 1. The van der Waals surface area contributed by atoms with Crippen LogP contribution in [0.3, 0.4) is 0 Å². The van der Waals surface area contributed by atoms with E-state index in [1.807, 2.05) is 42.5 Å². The fraction of sp³-hybridized carbons (Fsp3) is 0.111. The lowest BCUT2D eigenvalue weighted by atomic mass is 10.1. The summed E-state index contributed by atoms with van der Waals surface area (Å²) in [5, 5.41) is 5.97. The number of benzene rings is 2. The molecule has 3 aromatic rings. The Kier molecular flexibility index (Phi) is 4.86. The number of anilines is 1. The third-order valence-corrected chi connectivity index (χ3v) is 4.47. The lowest BCUT2D eigenvalue weighted by Gasteiger charge is -2.08. The first kappa shape index (κ1) is 18.2. The maximum absolute atomic E-state index is 12.9. The zero-order chi connectivity index (χ0) is 18.9. The number of nitrogens with one attached hydrogen (secondary N) is 1. The Labute approximate surface area is 155 Å². The second kappa shape index (κ2) is 6.95. The lowest BCUT2D eigenvalue weighted by Crippen LogP contribution is -2.16. The molecule has 0 aliphatic carbocycles. The molecule has 4 nitrogen and oxygen atoms in total. The largest absolute Gasteiger partial charge is 0.436 e. The first-order valence-corrected chi connectivity index (χ1v) is 8.33. The van der Waals surface area contributed by atoms with E-state index in [-0.39, 0.29) is 10.2 Å². The van der Waals surface area contributed by atoms with Gasteiger partial charge in [-0.1, -0.05) is 42.5 Å². The van der Waals surface area contributed by atoms with Gasteiger partial charge in [0, 0.05) is 12.7 Å². The van der Waals surface area contributed by atoms with Crippen LogP contribution in [0.1, 0.15) is 16.2 Å². The van der Waals surface area contributed by atoms with Crippen molar-refractivity contribution >= 4 is 27.5 Å². The minimum absolute atomic E-state index is 0.204. The van der Waals surface area contributed by atoms with Crippen molar-refractivity contribution in [1.82, 2.24) is 9.78 Å². The van der Waals surface area contributed by atoms with Crippen molar-refractivity contribution in [3.63, 3.8) is 0 Å². The van der Waals surface area contributed by atoms with Crippen molar-refractivity contribution < 1.29 is 18.0 Å². The minimum atomic E-state index is -4.65. The van der Waals surface area contributed by atoms with Crippen LogP contribution in [0.4, 0.5) is 18.9 Å². The van der Waals surface area contributed by atoms with Crippen molar-refractivity contribution in [3.8, 4) is 11.1 Å². The Morgan fingerprint density at radius 2 is 1.62 bits per heavy atom. The molecule has 0 saturated heterocycles. The Bertz CT molecular complexity index is 935. The third kappa shape index (κ3) is 3.65. The monoisotopic (exact) mass is 423 g/mol. The van der Waals surface area contributed by atoms with Gasteiger partial charge in [0.2, 0.25) is 0 Å². The molecule has 0 radical (unpaired) electrons. The van der Waals surface area contributed by atoms with Crippen molar-refractivity contribution in [3.05, 3.63) is 70.5 Å². The number of rotatable bonds is 3. The average Bonchev–Trinajstić information content (AvgIpc) is 2.91. The molecule has 0 bridgehead atoms. The third-order valence-electron chi connectivity index (χ3n) is 3.72. The summed E-state index contributed by atoms with van der Waals surface area (Å²) < 4.78 is 39.2. The molecule has 0 unspecified atom stereocenters. The van der Waals surface area contributed by atoms with E-state index in [9.17, 15) is 18.0 Å². The van der Waals surface area contributed by atoms with Crippen molar-refractivity contribution in [2.24, 2.45) is 7.05 Å². The number of alkyl halides is 3. The zero-order valence-corrected chi connectivity index (χ0v) is 15.1. The van der Waals surface area contributed by atoms with Crippen LogP contribution in [0, 0.1) is 0 Å². The molecule has 1 heterocycles. The van der Waals surface area contributed by atoms with Gasteiger partial charge in [-0.15, -0.1) is 0 Å². The molecule has 26 heavy (non-hydrogen) atoms. The number of hydrogen-bond acceptors (Lipinski definition) is 2. The molecule has 0 spiro atoms. The second-order valence-electron chi connectivity index (χ2n) is 5.53. The first-order valence-electron chi connectivity index (χ1n) is 7.54. The van der Waals surface area contributed by atoms with Crippen LogP contribution in [0.5, 0.6) is 0 Å². The van der Waals surface area contributed by atoms with Gasteiger partial charge in [-0.25, -0.2) is 0 Å². The van der Waals surface area contributed by atoms with Crippen LogP contribution in [-0.2, 0) is 13.2 Å². The van der Waals surface area contributed by atoms with Crippen molar-refractivity contribution in [2.75, 3.05) is 5.32 Å². The van der Waals surface area contributed by atoms with Gasteiger partial charge in [0.25, 0.3) is 5.91 Å². The first-order chi connectivity index (χ1) is 12.3. The highest BCUT2D eigenvalue weighted by Gasteiger charge is 2.39. The summed E-state index contributed by atoms with van der Waals surface area (Å²) in [6.45, 7) is 0. The van der Waals surface area contributed by atoms with E-state index in [0.717, 1.165) is 15.8 Å². The van der Waals surface area contributed by atoms with Gasteiger partial charge < -0.3 is 5.32 Å². The fourth-order valence-corrected chi connectivity index (χ4v) is 3.23. The Balaban J connectivity index is 1.82. The minimum Gasteiger partial charge on any atom is -0.321 e. The number of aryl methyl sites for hydroxylation is 1. The Morgan fingerprint density at radius 1 is 1.04 bits per heavy atom. The fourth-order valence-electron chi connectivity index (χ4n) is 2.49. The summed E-state index contributed by atoms with van der Waals surface area (Å²) in [5.41, 5.74) is 1.12. The van der Waals surface area contributed by atoms with E-state index in [1.165, 1.54) is 7.05 Å². The molecule has 0 aliphatic heterocycles. The standard InChI is InChI=1S/C18H13BrF3N3O/c1-25-15(14(19)16(24-25)18(20,21)22)17(26)23-13-9-7-12(8-10-13)11-5-3-2-4-6-11/h2-10H,1H3,(H,23,26). The van der Waals surface area contributed by atoms with E-state index in [1.54, 1.807) is 12.1 Å². The molecule has 1 aromatic heterocycles. The number of aromatic nitrogens is 2. The Morgan fingerprint density at radius 3 is 2.15 bits per heavy atom. The molecule has 0 atom stereocenters. The number of halogens is 4. The van der Waals surface area contributed by atoms with E-state index in [4.69, 9.17) is 0 Å². The lowest BCUT2D eigenvalue weighted by molar-refractivity contribution is -0.142. The summed E-state index contributed by atoms with van der Waals surface area (Å²) in [6, 6.07) is 16.7. The van der Waals surface area contributed by atoms with Gasteiger partial charge in [0.05, 0.1) is 4.47 Å². The molecule has 2 aromatic carbocycles. The van der Waals surface area contributed by atoms with E-state index in [2.05, 4.69) is 26.3 Å². The molecule has 3 rings (SSSR count).